The van der Waals surface area contributed by atoms with Crippen LogP contribution in [0, 0.1) is 0 Å². The molecule has 0 spiro atoms. The van der Waals surface area contributed by atoms with Crippen LogP contribution in [0.1, 0.15) is 10.4 Å². The summed E-state index contributed by atoms with van der Waals surface area (Å²) in [6.45, 7) is 1.11. The summed E-state index contributed by atoms with van der Waals surface area (Å²) < 4.78 is 0.844. The summed E-state index contributed by atoms with van der Waals surface area (Å²) in [6.07, 6.45) is 0. The summed E-state index contributed by atoms with van der Waals surface area (Å²) >= 11 is 0. The molecule has 0 heterocycles. The fraction of sp³-hybridized carbons (Fsp3) is 0.417. The third-order valence-corrected chi connectivity index (χ3v) is 1.89. The Kier molecular flexibility index (Phi) is 9.85. The first-order valence-electron chi connectivity index (χ1n) is 5.18. The minimum absolute atomic E-state index is 0. The van der Waals surface area contributed by atoms with Crippen LogP contribution >= 0.6 is 0 Å². The second-order valence-electron chi connectivity index (χ2n) is 4.54. The minimum atomic E-state index is -1.36. The summed E-state index contributed by atoms with van der Waals surface area (Å²) in [6, 6.07) is 5.64. The number of hydrogen-bond acceptors (Lipinski definition) is 4. The average Bonchev–Trinajstić information content (AvgIpc) is 2.16. The Bertz CT molecular complexity index is 363. The normalized spacial score (nSPS) is 9.78. The second kappa shape index (κ2) is 9.11. The van der Waals surface area contributed by atoms with Crippen LogP contribution in [-0.2, 0) is 21.7 Å². The first kappa shape index (κ1) is 19.5. The number of carboxylic acids is 1. The van der Waals surface area contributed by atoms with Crippen LogP contribution in [0.4, 0.5) is 0 Å². The van der Waals surface area contributed by atoms with Gasteiger partial charge in [0.2, 0.25) is 0 Å². The molecule has 0 amide bonds. The zero-order valence-electron chi connectivity index (χ0n) is 10.9. The van der Waals surface area contributed by atoms with Gasteiger partial charge >= 0.3 is 21.7 Å². The van der Waals surface area contributed by atoms with Crippen LogP contribution in [-0.4, -0.2) is 55.0 Å². The molecule has 2 N–H and O–H groups in total. The van der Waals surface area contributed by atoms with Gasteiger partial charge in [-0.25, -0.2) is 0 Å². The molecule has 0 saturated heterocycles. The molecular weight excluding hydrogens is 270 g/mol. The summed E-state index contributed by atoms with van der Waals surface area (Å²) in [5, 5.41) is 27.4. The van der Waals surface area contributed by atoms with Crippen LogP contribution in [0.15, 0.2) is 24.3 Å². The monoisotopic (exact) mass is 289 g/mol. The summed E-state index contributed by atoms with van der Waals surface area (Å²) in [5.41, 5.74) is -0.178. The standard InChI is InChI=1S/C7H6O3.C5H14NO.Ti/c8-6-4-2-1-3-5(6)7(9)10;1-6(2,3)4-5-7;/h1-4,8H,(H,9,10);7H,4-5H2,1-3H3;/q;+1;+4/p-1. The third-order valence-electron chi connectivity index (χ3n) is 1.89. The van der Waals surface area contributed by atoms with Gasteiger partial charge in [0.25, 0.3) is 0 Å². The van der Waals surface area contributed by atoms with Gasteiger partial charge in [-0.15, -0.1) is 0 Å². The quantitative estimate of drug-likeness (QED) is 0.577. The van der Waals surface area contributed by atoms with Crippen molar-refractivity contribution in [3.05, 3.63) is 29.8 Å². The number of benzene rings is 1. The number of hydrogen-bond donors (Lipinski definition) is 2. The van der Waals surface area contributed by atoms with Crippen molar-refractivity contribution in [2.45, 2.75) is 0 Å². The molecule has 0 aliphatic rings. The first-order valence-corrected chi connectivity index (χ1v) is 5.18. The predicted octanol–water partition coefficient (Wildman–Crippen LogP) is -0.562. The molecule has 96 valence electrons. The number of aromatic carboxylic acids is 1. The van der Waals surface area contributed by atoms with Crippen LogP contribution in [0.3, 0.4) is 0 Å². The molecule has 5 nitrogen and oxygen atoms in total. The number of carboxylic acid groups (broad SMARTS) is 1. The van der Waals surface area contributed by atoms with Gasteiger partial charge in [-0.2, -0.15) is 0 Å². The van der Waals surface area contributed by atoms with Gasteiger partial charge in [-0.1, -0.05) is 12.1 Å². The Balaban J connectivity index is 0. The maximum Gasteiger partial charge on any atom is 4.00 e. The number of rotatable bonds is 3. The van der Waals surface area contributed by atoms with E-state index in [2.05, 4.69) is 21.1 Å². The van der Waals surface area contributed by atoms with E-state index in [4.69, 9.17) is 10.2 Å². The van der Waals surface area contributed by atoms with Crippen molar-refractivity contribution < 1.29 is 46.3 Å². The molecule has 0 saturated carbocycles. The average molecular weight is 289 g/mol. The molecule has 0 atom stereocenters. The zero-order valence-corrected chi connectivity index (χ0v) is 12.4. The van der Waals surface area contributed by atoms with Gasteiger partial charge in [0.05, 0.1) is 33.7 Å². The van der Waals surface area contributed by atoms with Crippen molar-refractivity contribution in [2.24, 2.45) is 0 Å². The van der Waals surface area contributed by atoms with E-state index < -0.39 is 5.97 Å². The van der Waals surface area contributed by atoms with Gasteiger partial charge in [-0.05, 0) is 12.1 Å². The molecule has 1 rings (SSSR count). The fourth-order valence-electron chi connectivity index (χ4n) is 0.946. The number of nitrogens with zero attached hydrogens (tertiary/aromatic N) is 1. The smallest absolute Gasteiger partial charge is 0.545 e. The number of phenols is 1. The molecule has 0 radical (unpaired) electrons. The predicted molar refractivity (Wildman–Crippen MR) is 62.4 cm³/mol. The van der Waals surface area contributed by atoms with Gasteiger partial charge in [-0.3, -0.25) is 0 Å². The topological polar surface area (TPSA) is 80.6 Å². The Labute approximate surface area is 122 Å². The largest absolute Gasteiger partial charge is 4.00 e. The molecule has 0 aliphatic heterocycles. The molecule has 18 heavy (non-hydrogen) atoms. The van der Waals surface area contributed by atoms with E-state index in [1.165, 1.54) is 18.2 Å². The summed E-state index contributed by atoms with van der Waals surface area (Å²) in [5.74, 6) is -1.62. The maximum absolute atomic E-state index is 10.2. The number of quaternary nitrogens is 1. The molecule has 1 aromatic rings. The van der Waals surface area contributed by atoms with Crippen molar-refractivity contribution in [1.29, 1.82) is 0 Å². The van der Waals surface area contributed by atoms with Crippen molar-refractivity contribution in [1.82, 2.24) is 0 Å². The van der Waals surface area contributed by atoms with Crippen LogP contribution < -0.4 is 5.11 Å². The SMILES string of the molecule is C[N+](C)(C)CCO.O=C([O-])c1ccccc1O.[Ti+4]. The Morgan fingerprint density at radius 1 is 1.28 bits per heavy atom. The minimum Gasteiger partial charge on any atom is -0.545 e. The fourth-order valence-corrected chi connectivity index (χ4v) is 0.946. The molecule has 0 aliphatic carbocycles. The number of aliphatic hydroxyl groups is 1. The van der Waals surface area contributed by atoms with Crippen LogP contribution in [0.2, 0.25) is 0 Å². The van der Waals surface area contributed by atoms with E-state index in [-0.39, 0.29) is 39.6 Å². The van der Waals surface area contributed by atoms with Crippen molar-refractivity contribution in [2.75, 3.05) is 34.3 Å². The number of likely N-dealkylation sites (N-methyl/N-ethyl adjacent to an activating group) is 1. The Hall–Kier alpha value is -0.876. The van der Waals surface area contributed by atoms with E-state index in [9.17, 15) is 9.90 Å². The van der Waals surface area contributed by atoms with E-state index in [0.29, 0.717) is 0 Å². The van der Waals surface area contributed by atoms with E-state index in [0.717, 1.165) is 11.0 Å². The number of carbonyl (C=O) groups is 1. The number of carbonyl (C=O) groups excluding carboxylic acids is 1. The van der Waals surface area contributed by atoms with Gasteiger partial charge in [0.15, 0.2) is 0 Å². The van der Waals surface area contributed by atoms with Crippen molar-refractivity contribution >= 4 is 5.97 Å². The molecule has 0 bridgehead atoms. The second-order valence-corrected chi connectivity index (χ2v) is 4.54. The van der Waals surface area contributed by atoms with Crippen molar-refractivity contribution in [3.8, 4) is 5.75 Å². The number of aromatic hydroxyl groups is 1. The maximum atomic E-state index is 10.2. The molecule has 0 unspecified atom stereocenters. The first-order chi connectivity index (χ1) is 7.78. The molecule has 0 fully saturated rings. The van der Waals surface area contributed by atoms with E-state index >= 15 is 0 Å². The van der Waals surface area contributed by atoms with E-state index in [1.807, 2.05) is 0 Å². The molecular formula is C12H19NO4Ti+4. The van der Waals surface area contributed by atoms with Crippen LogP contribution in [0.25, 0.3) is 0 Å². The van der Waals surface area contributed by atoms with Gasteiger partial charge < -0.3 is 24.6 Å². The van der Waals surface area contributed by atoms with Gasteiger partial charge in [0.1, 0.15) is 12.3 Å². The Morgan fingerprint density at radius 2 is 1.78 bits per heavy atom. The van der Waals surface area contributed by atoms with Gasteiger partial charge in [0, 0.05) is 5.56 Å². The summed E-state index contributed by atoms with van der Waals surface area (Å²) in [4.78, 5) is 10.2. The number of aliphatic hydroxyl groups excluding tert-OH is 1. The summed E-state index contributed by atoms with van der Waals surface area (Å²) in [7, 11) is 6.16. The van der Waals surface area contributed by atoms with Crippen molar-refractivity contribution in [3.63, 3.8) is 0 Å². The molecule has 6 heteroatoms. The zero-order chi connectivity index (χ0) is 13.5. The number of para-hydroxylation sites is 1. The third kappa shape index (κ3) is 9.19. The molecule has 1 aromatic carbocycles. The van der Waals surface area contributed by atoms with E-state index in [1.54, 1.807) is 6.07 Å². The van der Waals surface area contributed by atoms with Crippen LogP contribution in [0.5, 0.6) is 5.75 Å². The Morgan fingerprint density at radius 3 is 2.00 bits per heavy atom. The molecule has 0 aromatic heterocycles.